The Morgan fingerprint density at radius 2 is 2.05 bits per heavy atom. The SMILES string of the molecule is CCC(N)(CC)CNS(=O)(=O)c1cnn(CC(F)F)c1. The molecule has 0 atom stereocenters. The summed E-state index contributed by atoms with van der Waals surface area (Å²) in [6, 6.07) is 0. The van der Waals surface area contributed by atoms with Gasteiger partial charge in [-0.05, 0) is 12.8 Å². The molecule has 1 rings (SSSR count). The lowest BCUT2D eigenvalue weighted by atomic mass is 9.95. The van der Waals surface area contributed by atoms with Crippen LogP contribution in [0.25, 0.3) is 0 Å². The Hall–Kier alpha value is -1.06. The second-order valence-electron chi connectivity index (χ2n) is 4.68. The van der Waals surface area contributed by atoms with Gasteiger partial charge in [0.05, 0.1) is 6.20 Å². The lowest BCUT2D eigenvalue weighted by Crippen LogP contribution is -2.49. The van der Waals surface area contributed by atoms with Crippen molar-refractivity contribution < 1.29 is 17.2 Å². The Kier molecular flexibility index (Phi) is 5.60. The van der Waals surface area contributed by atoms with Gasteiger partial charge in [0.2, 0.25) is 10.0 Å². The van der Waals surface area contributed by atoms with Crippen LogP contribution in [0.2, 0.25) is 0 Å². The Labute approximate surface area is 117 Å². The molecule has 0 aliphatic rings. The number of nitrogens with one attached hydrogen (secondary N) is 1. The molecule has 6 nitrogen and oxygen atoms in total. The van der Waals surface area contributed by atoms with Crippen LogP contribution in [-0.4, -0.2) is 36.7 Å². The van der Waals surface area contributed by atoms with Gasteiger partial charge in [-0.1, -0.05) is 13.8 Å². The van der Waals surface area contributed by atoms with Gasteiger partial charge in [0.25, 0.3) is 6.43 Å². The molecule has 9 heteroatoms. The first-order chi connectivity index (χ1) is 9.22. The number of hydrogen-bond acceptors (Lipinski definition) is 4. The Bertz CT molecular complexity index is 526. The maximum Gasteiger partial charge on any atom is 0.257 e. The van der Waals surface area contributed by atoms with Crippen LogP contribution in [0.3, 0.4) is 0 Å². The summed E-state index contributed by atoms with van der Waals surface area (Å²) in [7, 11) is -3.79. The fraction of sp³-hybridized carbons (Fsp3) is 0.727. The summed E-state index contributed by atoms with van der Waals surface area (Å²) in [6.45, 7) is 3.19. The molecule has 0 aromatic carbocycles. The first kappa shape index (κ1) is 17.0. The average molecular weight is 310 g/mol. The quantitative estimate of drug-likeness (QED) is 0.748. The van der Waals surface area contributed by atoms with Gasteiger partial charge in [-0.3, -0.25) is 4.68 Å². The summed E-state index contributed by atoms with van der Waals surface area (Å²) in [5.41, 5.74) is 5.39. The number of hydrogen-bond donors (Lipinski definition) is 2. The van der Waals surface area contributed by atoms with Gasteiger partial charge in [-0.25, -0.2) is 21.9 Å². The minimum absolute atomic E-state index is 0.0857. The van der Waals surface area contributed by atoms with Gasteiger partial charge in [0, 0.05) is 18.3 Å². The van der Waals surface area contributed by atoms with Gasteiger partial charge in [0.15, 0.2) is 0 Å². The number of nitrogens with two attached hydrogens (primary N) is 1. The molecule has 3 N–H and O–H groups in total. The predicted octanol–water partition coefficient (Wildman–Crippen LogP) is 0.944. The van der Waals surface area contributed by atoms with Gasteiger partial charge < -0.3 is 5.73 Å². The number of rotatable bonds is 8. The van der Waals surface area contributed by atoms with E-state index < -0.39 is 28.5 Å². The summed E-state index contributed by atoms with van der Waals surface area (Å²) in [5, 5.41) is 3.59. The van der Waals surface area contributed by atoms with Crippen LogP contribution in [0.1, 0.15) is 26.7 Å². The Morgan fingerprint density at radius 1 is 1.45 bits per heavy atom. The molecule has 1 aromatic heterocycles. The topological polar surface area (TPSA) is 90.0 Å². The monoisotopic (exact) mass is 310 g/mol. The van der Waals surface area contributed by atoms with Crippen LogP contribution in [0.15, 0.2) is 17.3 Å². The van der Waals surface area contributed by atoms with Crippen molar-refractivity contribution >= 4 is 10.0 Å². The first-order valence-electron chi connectivity index (χ1n) is 6.31. The van der Waals surface area contributed by atoms with Crippen LogP contribution < -0.4 is 10.5 Å². The smallest absolute Gasteiger partial charge is 0.257 e. The number of aromatic nitrogens is 2. The minimum atomic E-state index is -3.79. The normalized spacial score (nSPS) is 13.1. The van der Waals surface area contributed by atoms with E-state index in [-0.39, 0.29) is 11.4 Å². The highest BCUT2D eigenvalue weighted by Gasteiger charge is 2.25. The van der Waals surface area contributed by atoms with Crippen LogP contribution in [-0.2, 0) is 16.6 Å². The predicted molar refractivity (Wildman–Crippen MR) is 70.9 cm³/mol. The summed E-state index contributed by atoms with van der Waals surface area (Å²) in [4.78, 5) is -0.146. The Morgan fingerprint density at radius 3 is 2.55 bits per heavy atom. The molecule has 0 fully saturated rings. The number of halogens is 2. The molecule has 0 bridgehead atoms. The van der Waals surface area contributed by atoms with Crippen molar-refractivity contribution in [2.24, 2.45) is 5.73 Å². The third kappa shape index (κ3) is 4.50. The van der Waals surface area contributed by atoms with Gasteiger partial charge in [-0.15, -0.1) is 0 Å². The molecule has 0 radical (unpaired) electrons. The van der Waals surface area contributed by atoms with Crippen LogP contribution >= 0.6 is 0 Å². The van der Waals surface area contributed by atoms with Crippen molar-refractivity contribution in [3.05, 3.63) is 12.4 Å². The zero-order chi connectivity index (χ0) is 15.4. The molecule has 0 aliphatic heterocycles. The molecule has 0 amide bonds. The second kappa shape index (κ2) is 6.59. The minimum Gasteiger partial charge on any atom is -0.324 e. The van der Waals surface area contributed by atoms with Crippen LogP contribution in [0, 0.1) is 0 Å². The lowest BCUT2D eigenvalue weighted by Gasteiger charge is -2.26. The average Bonchev–Trinajstić information content (AvgIpc) is 2.84. The summed E-state index contributed by atoms with van der Waals surface area (Å²) in [6.07, 6.45) is 0.772. The molecule has 1 heterocycles. The molecule has 0 unspecified atom stereocenters. The summed E-state index contributed by atoms with van der Waals surface area (Å²) < 4.78 is 51.7. The largest absolute Gasteiger partial charge is 0.324 e. The molecule has 0 saturated heterocycles. The van der Waals surface area contributed by atoms with Gasteiger partial charge in [-0.2, -0.15) is 5.10 Å². The molecule has 0 spiro atoms. The van der Waals surface area contributed by atoms with Crippen molar-refractivity contribution in [3.8, 4) is 0 Å². The van der Waals surface area contributed by atoms with Gasteiger partial charge in [0.1, 0.15) is 11.4 Å². The van der Waals surface area contributed by atoms with E-state index in [0.717, 1.165) is 17.1 Å². The fourth-order valence-corrected chi connectivity index (χ4v) is 2.64. The lowest BCUT2D eigenvalue weighted by molar-refractivity contribution is 0.121. The number of nitrogens with zero attached hydrogens (tertiary/aromatic N) is 2. The zero-order valence-electron chi connectivity index (χ0n) is 11.5. The highest BCUT2D eigenvalue weighted by Crippen LogP contribution is 2.13. The highest BCUT2D eigenvalue weighted by atomic mass is 32.2. The van der Waals surface area contributed by atoms with Crippen molar-refractivity contribution in [1.82, 2.24) is 14.5 Å². The van der Waals surface area contributed by atoms with Gasteiger partial charge >= 0.3 is 0 Å². The fourth-order valence-electron chi connectivity index (χ4n) is 1.55. The summed E-state index contributed by atoms with van der Waals surface area (Å²) >= 11 is 0. The second-order valence-corrected chi connectivity index (χ2v) is 6.45. The number of alkyl halides is 2. The third-order valence-corrected chi connectivity index (χ3v) is 4.62. The third-order valence-electron chi connectivity index (χ3n) is 3.27. The maximum atomic E-state index is 12.2. The standard InChI is InChI=1S/C11H20F2N4O2S/c1-3-11(14,4-2)8-16-20(18,19)9-5-15-17(6-9)7-10(12)13/h5-6,10,16H,3-4,7-8,14H2,1-2H3. The maximum absolute atomic E-state index is 12.2. The van der Waals surface area contributed by atoms with Crippen molar-refractivity contribution in [2.75, 3.05) is 6.54 Å². The molecule has 0 aliphatic carbocycles. The van der Waals surface area contributed by atoms with E-state index in [0.29, 0.717) is 12.8 Å². The molecule has 1 aromatic rings. The van der Waals surface area contributed by atoms with E-state index in [2.05, 4.69) is 9.82 Å². The first-order valence-corrected chi connectivity index (χ1v) is 7.80. The zero-order valence-corrected chi connectivity index (χ0v) is 12.3. The van der Waals surface area contributed by atoms with E-state index in [1.165, 1.54) is 0 Å². The van der Waals surface area contributed by atoms with Crippen LogP contribution in [0.5, 0.6) is 0 Å². The van der Waals surface area contributed by atoms with Crippen molar-refractivity contribution in [2.45, 2.75) is 50.1 Å². The molecule has 20 heavy (non-hydrogen) atoms. The highest BCUT2D eigenvalue weighted by molar-refractivity contribution is 7.89. The Balaban J connectivity index is 2.76. The molecular weight excluding hydrogens is 290 g/mol. The van der Waals surface area contributed by atoms with E-state index in [1.807, 2.05) is 13.8 Å². The van der Waals surface area contributed by atoms with E-state index in [9.17, 15) is 17.2 Å². The van der Waals surface area contributed by atoms with E-state index >= 15 is 0 Å². The van der Waals surface area contributed by atoms with Crippen molar-refractivity contribution in [1.29, 1.82) is 0 Å². The molecule has 116 valence electrons. The summed E-state index contributed by atoms with van der Waals surface area (Å²) in [5.74, 6) is 0. The van der Waals surface area contributed by atoms with E-state index in [1.54, 1.807) is 0 Å². The molecule has 0 saturated carbocycles. The van der Waals surface area contributed by atoms with Crippen LogP contribution in [0.4, 0.5) is 8.78 Å². The molecular formula is C11H20F2N4O2S. The van der Waals surface area contributed by atoms with E-state index in [4.69, 9.17) is 5.73 Å². The number of sulfonamides is 1. The van der Waals surface area contributed by atoms with Crippen molar-refractivity contribution in [3.63, 3.8) is 0 Å².